The number of carbonyl (C=O) groups is 1. The zero-order valence-corrected chi connectivity index (χ0v) is 22.2. The van der Waals surface area contributed by atoms with E-state index < -0.39 is 6.04 Å². The van der Waals surface area contributed by atoms with Crippen LogP contribution in [0.3, 0.4) is 0 Å². The number of nitrogens with one attached hydrogen (secondary N) is 1. The number of hydrogen-bond donors (Lipinski definition) is 1. The molecule has 0 fully saturated rings. The Kier molecular flexibility index (Phi) is 14.0. The van der Waals surface area contributed by atoms with E-state index in [1.165, 1.54) is 82.8 Å². The van der Waals surface area contributed by atoms with E-state index in [2.05, 4.69) is 12.2 Å². The molecule has 0 radical (unpaired) electrons. The first-order valence-electron chi connectivity index (χ1n) is 13.2. The minimum atomic E-state index is -0.481. The molecule has 1 heterocycles. The van der Waals surface area contributed by atoms with Crippen LogP contribution >= 0.6 is 11.8 Å². The predicted octanol–water partition coefficient (Wildman–Crippen LogP) is 8.10. The number of aliphatic imine (C=N–C) groups is 1. The summed E-state index contributed by atoms with van der Waals surface area (Å²) in [5, 5.41) is 4.09. The summed E-state index contributed by atoms with van der Waals surface area (Å²) < 4.78 is 18.7. The Morgan fingerprint density at radius 2 is 1.50 bits per heavy atom. The lowest BCUT2D eigenvalue weighted by Crippen LogP contribution is -2.30. The number of carbonyl (C=O) groups excluding carboxylic acids is 1. The number of rotatable bonds is 16. The molecule has 0 aliphatic carbocycles. The molecule has 34 heavy (non-hydrogen) atoms. The summed E-state index contributed by atoms with van der Waals surface area (Å²) in [5.41, 5.74) is 2.02. The molecular formula is C28H43FN2O2S. The number of unbranched alkanes of at least 4 members (excludes halogenated alkanes) is 11. The largest absolute Gasteiger partial charge is 0.463 e. The van der Waals surface area contributed by atoms with Crippen molar-refractivity contribution >= 4 is 22.9 Å². The molecule has 1 atom stereocenters. The first-order chi connectivity index (χ1) is 16.6. The van der Waals surface area contributed by atoms with Gasteiger partial charge in [0.15, 0.2) is 5.17 Å². The molecule has 4 nitrogen and oxygen atoms in total. The fourth-order valence-corrected chi connectivity index (χ4v) is 5.14. The average molecular weight is 491 g/mol. The second-order valence-electron chi connectivity index (χ2n) is 9.01. The fraction of sp³-hybridized carbons (Fsp3) is 0.643. The summed E-state index contributed by atoms with van der Waals surface area (Å²) in [4.78, 5) is 17.4. The van der Waals surface area contributed by atoms with Crippen LogP contribution in [-0.2, 0) is 9.53 Å². The van der Waals surface area contributed by atoms with Gasteiger partial charge in [-0.15, -0.1) is 0 Å². The Morgan fingerprint density at radius 3 is 2.06 bits per heavy atom. The zero-order valence-electron chi connectivity index (χ0n) is 21.3. The van der Waals surface area contributed by atoms with Crippen molar-refractivity contribution in [3.63, 3.8) is 0 Å². The lowest BCUT2D eigenvalue weighted by Gasteiger charge is -2.25. The third kappa shape index (κ3) is 10.2. The minimum Gasteiger partial charge on any atom is -0.463 e. The molecular weight excluding hydrogens is 447 g/mol. The van der Waals surface area contributed by atoms with E-state index in [0.29, 0.717) is 12.2 Å². The Morgan fingerprint density at radius 1 is 0.941 bits per heavy atom. The van der Waals surface area contributed by atoms with E-state index in [4.69, 9.17) is 9.73 Å². The van der Waals surface area contributed by atoms with Crippen molar-refractivity contribution in [1.29, 1.82) is 0 Å². The summed E-state index contributed by atoms with van der Waals surface area (Å²) in [6, 6.07) is 5.71. The molecule has 1 aromatic rings. The Balaban J connectivity index is 1.74. The summed E-state index contributed by atoms with van der Waals surface area (Å²) in [6.07, 6.45) is 16.0. The molecule has 6 heteroatoms. The molecule has 1 aromatic carbocycles. The third-order valence-electron chi connectivity index (χ3n) is 6.14. The van der Waals surface area contributed by atoms with Gasteiger partial charge in [-0.25, -0.2) is 14.2 Å². The van der Waals surface area contributed by atoms with Gasteiger partial charge in [0.05, 0.1) is 12.2 Å². The van der Waals surface area contributed by atoms with E-state index in [0.717, 1.165) is 28.6 Å². The highest BCUT2D eigenvalue weighted by molar-refractivity contribution is 8.13. The highest BCUT2D eigenvalue weighted by atomic mass is 32.2. The van der Waals surface area contributed by atoms with Gasteiger partial charge < -0.3 is 10.1 Å². The number of nitrogens with zero attached hydrogens (tertiary/aromatic N) is 1. The molecule has 0 amide bonds. The molecule has 0 saturated carbocycles. The smallest absolute Gasteiger partial charge is 0.338 e. The SMILES string of the molecule is CCCCCCCCCCCCCCSC1=NC(c2ccc(F)cc2)C(C(=O)OCC)=C(C)N1. The van der Waals surface area contributed by atoms with E-state index >= 15 is 0 Å². The number of thioether (sulfide) groups is 1. The molecule has 0 spiro atoms. The molecule has 1 N–H and O–H groups in total. The van der Waals surface area contributed by atoms with Gasteiger partial charge >= 0.3 is 5.97 Å². The molecule has 0 saturated heterocycles. The monoisotopic (exact) mass is 490 g/mol. The van der Waals surface area contributed by atoms with Gasteiger partial charge in [-0.2, -0.15) is 0 Å². The van der Waals surface area contributed by atoms with Crippen LogP contribution < -0.4 is 5.32 Å². The maximum absolute atomic E-state index is 13.4. The van der Waals surface area contributed by atoms with Gasteiger partial charge in [-0.1, -0.05) is 101 Å². The van der Waals surface area contributed by atoms with Crippen LogP contribution in [0, 0.1) is 5.82 Å². The van der Waals surface area contributed by atoms with E-state index in [9.17, 15) is 9.18 Å². The highest BCUT2D eigenvalue weighted by Gasteiger charge is 2.30. The van der Waals surface area contributed by atoms with Gasteiger partial charge in [-0.3, -0.25) is 0 Å². The molecule has 1 unspecified atom stereocenters. The van der Waals surface area contributed by atoms with Crippen molar-refractivity contribution in [1.82, 2.24) is 5.32 Å². The Bertz CT molecular complexity index is 792. The lowest BCUT2D eigenvalue weighted by molar-refractivity contribution is -0.138. The number of hydrogen-bond acceptors (Lipinski definition) is 5. The average Bonchev–Trinajstić information content (AvgIpc) is 2.82. The number of halogens is 1. The fourth-order valence-electron chi connectivity index (χ4n) is 4.19. The Labute approximate surface area is 210 Å². The number of amidine groups is 1. The maximum atomic E-state index is 13.4. The van der Waals surface area contributed by atoms with Crippen molar-refractivity contribution in [2.75, 3.05) is 12.4 Å². The first kappa shape index (κ1) is 28.4. The van der Waals surface area contributed by atoms with Gasteiger partial charge in [0, 0.05) is 11.4 Å². The number of allylic oxidation sites excluding steroid dienone is 1. The normalized spacial score (nSPS) is 15.8. The molecule has 0 aromatic heterocycles. The second-order valence-corrected chi connectivity index (χ2v) is 10.1. The van der Waals surface area contributed by atoms with Crippen LogP contribution in [0.1, 0.15) is 109 Å². The van der Waals surface area contributed by atoms with Crippen LogP contribution in [0.5, 0.6) is 0 Å². The quantitative estimate of drug-likeness (QED) is 0.188. The van der Waals surface area contributed by atoms with E-state index in [-0.39, 0.29) is 11.8 Å². The summed E-state index contributed by atoms with van der Waals surface area (Å²) in [5.74, 6) is 0.304. The topological polar surface area (TPSA) is 50.7 Å². The van der Waals surface area contributed by atoms with Crippen molar-refractivity contribution in [2.24, 2.45) is 4.99 Å². The lowest BCUT2D eigenvalue weighted by atomic mass is 9.96. The van der Waals surface area contributed by atoms with Crippen LogP contribution in [-0.4, -0.2) is 23.5 Å². The van der Waals surface area contributed by atoms with E-state index in [1.807, 2.05) is 6.92 Å². The molecule has 2 rings (SSSR count). The maximum Gasteiger partial charge on any atom is 0.338 e. The first-order valence-corrected chi connectivity index (χ1v) is 14.2. The van der Waals surface area contributed by atoms with Gasteiger partial charge in [-0.05, 0) is 38.0 Å². The zero-order chi connectivity index (χ0) is 24.6. The van der Waals surface area contributed by atoms with Crippen molar-refractivity contribution in [3.8, 4) is 0 Å². The molecule has 0 bridgehead atoms. The molecule has 190 valence electrons. The number of esters is 1. The number of ether oxygens (including phenoxy) is 1. The van der Waals surface area contributed by atoms with Crippen LogP contribution in [0.15, 0.2) is 40.5 Å². The summed E-state index contributed by atoms with van der Waals surface area (Å²) in [6.45, 7) is 6.23. The van der Waals surface area contributed by atoms with Crippen molar-refractivity contribution < 1.29 is 13.9 Å². The predicted molar refractivity (Wildman–Crippen MR) is 143 cm³/mol. The Hall–Kier alpha value is -1.82. The summed E-state index contributed by atoms with van der Waals surface area (Å²) in [7, 11) is 0. The number of benzene rings is 1. The van der Waals surface area contributed by atoms with Crippen LogP contribution in [0.2, 0.25) is 0 Å². The summed E-state index contributed by atoms with van der Waals surface area (Å²) >= 11 is 1.69. The van der Waals surface area contributed by atoms with Crippen LogP contribution in [0.25, 0.3) is 0 Å². The van der Waals surface area contributed by atoms with Crippen molar-refractivity contribution in [2.45, 2.75) is 104 Å². The third-order valence-corrected chi connectivity index (χ3v) is 7.11. The standard InChI is InChI=1S/C28H43FN2O2S/c1-4-6-7-8-9-10-11-12-13-14-15-16-21-34-28-30-22(3)25(27(32)33-5-2)26(31-28)23-17-19-24(29)20-18-23/h17-20,26H,4-16,21H2,1-3H3,(H,30,31). The highest BCUT2D eigenvalue weighted by Crippen LogP contribution is 2.33. The van der Waals surface area contributed by atoms with E-state index in [1.54, 1.807) is 30.8 Å². The molecule has 1 aliphatic rings. The van der Waals surface area contributed by atoms with Crippen LogP contribution in [0.4, 0.5) is 4.39 Å². The van der Waals surface area contributed by atoms with Crippen molar-refractivity contribution in [3.05, 3.63) is 46.9 Å². The molecule has 1 aliphatic heterocycles. The minimum absolute atomic E-state index is 0.302. The van der Waals surface area contributed by atoms with Gasteiger partial charge in [0.2, 0.25) is 0 Å². The van der Waals surface area contributed by atoms with Gasteiger partial charge in [0.1, 0.15) is 11.9 Å². The van der Waals surface area contributed by atoms with Gasteiger partial charge in [0.25, 0.3) is 0 Å². The second kappa shape index (κ2) is 16.7.